The molecule has 0 radical (unpaired) electrons. The number of aliphatic hydroxyl groups excluding tert-OH is 1. The van der Waals surface area contributed by atoms with Crippen LogP contribution in [0.1, 0.15) is 19.9 Å². The van der Waals surface area contributed by atoms with Gasteiger partial charge in [0, 0.05) is 11.8 Å². The van der Waals surface area contributed by atoms with E-state index in [2.05, 4.69) is 24.5 Å². The highest BCUT2D eigenvalue weighted by molar-refractivity contribution is 7.99. The van der Waals surface area contributed by atoms with Crippen LogP contribution in [0.5, 0.6) is 5.75 Å². The van der Waals surface area contributed by atoms with Crippen LogP contribution in [-0.2, 0) is 0 Å². The number of rotatable bonds is 7. The van der Waals surface area contributed by atoms with Gasteiger partial charge in [0.25, 0.3) is 0 Å². The van der Waals surface area contributed by atoms with Crippen LogP contribution < -0.4 is 4.74 Å². The van der Waals surface area contributed by atoms with Gasteiger partial charge in [-0.2, -0.15) is 0 Å². The van der Waals surface area contributed by atoms with E-state index >= 15 is 0 Å². The first-order valence-electron chi connectivity index (χ1n) is 8.11. The molecule has 0 spiro atoms. The third kappa shape index (κ3) is 3.91. The SMILES string of the molecule is CC(C)n1c(SCC(O)COc2ccccc2)nc2ccccc21. The number of nitrogens with zero attached hydrogens (tertiary/aromatic N) is 2. The van der Waals surface area contributed by atoms with E-state index in [0.29, 0.717) is 11.8 Å². The predicted octanol–water partition coefficient (Wildman–Crippen LogP) is 4.15. The quantitative estimate of drug-likeness (QED) is 0.655. The maximum atomic E-state index is 10.2. The molecule has 0 aliphatic carbocycles. The summed E-state index contributed by atoms with van der Waals surface area (Å²) < 4.78 is 7.82. The van der Waals surface area contributed by atoms with Gasteiger partial charge in [-0.25, -0.2) is 4.98 Å². The van der Waals surface area contributed by atoms with Crippen molar-refractivity contribution in [2.24, 2.45) is 0 Å². The third-order valence-electron chi connectivity index (χ3n) is 3.67. The van der Waals surface area contributed by atoms with Crippen molar-refractivity contribution in [2.75, 3.05) is 12.4 Å². The highest BCUT2D eigenvalue weighted by Gasteiger charge is 2.15. The van der Waals surface area contributed by atoms with Crippen molar-refractivity contribution in [2.45, 2.75) is 31.1 Å². The van der Waals surface area contributed by atoms with Crippen LogP contribution in [-0.4, -0.2) is 33.1 Å². The second-order valence-corrected chi connectivity index (χ2v) is 6.92. The molecule has 3 rings (SSSR count). The molecule has 126 valence electrons. The molecule has 0 aliphatic rings. The number of ether oxygens (including phenoxy) is 1. The Bertz CT molecular complexity index is 786. The largest absolute Gasteiger partial charge is 0.491 e. The lowest BCUT2D eigenvalue weighted by Gasteiger charge is -2.15. The van der Waals surface area contributed by atoms with Crippen LogP contribution in [0.3, 0.4) is 0 Å². The second-order valence-electron chi connectivity index (χ2n) is 5.94. The van der Waals surface area contributed by atoms with Gasteiger partial charge in [-0.1, -0.05) is 42.1 Å². The molecule has 1 N–H and O–H groups in total. The molecule has 24 heavy (non-hydrogen) atoms. The van der Waals surface area contributed by atoms with Crippen molar-refractivity contribution in [1.82, 2.24) is 9.55 Å². The van der Waals surface area contributed by atoms with Gasteiger partial charge >= 0.3 is 0 Å². The van der Waals surface area contributed by atoms with Crippen LogP contribution in [0.2, 0.25) is 0 Å². The van der Waals surface area contributed by atoms with Crippen molar-refractivity contribution in [3.63, 3.8) is 0 Å². The lowest BCUT2D eigenvalue weighted by molar-refractivity contribution is 0.126. The third-order valence-corrected chi connectivity index (χ3v) is 4.77. The molecule has 3 aromatic rings. The molecule has 2 aromatic carbocycles. The lowest BCUT2D eigenvalue weighted by Crippen LogP contribution is -2.20. The standard InChI is InChI=1S/C19H22N2O2S/c1-14(2)21-18-11-7-6-10-17(18)20-19(21)24-13-15(22)12-23-16-8-4-3-5-9-16/h3-11,14-15,22H,12-13H2,1-2H3. The van der Waals surface area contributed by atoms with Gasteiger partial charge in [-0.15, -0.1) is 0 Å². The number of thioether (sulfide) groups is 1. The minimum Gasteiger partial charge on any atom is -0.491 e. The molecule has 1 unspecified atom stereocenters. The van der Waals surface area contributed by atoms with Crippen molar-refractivity contribution >= 4 is 22.8 Å². The first kappa shape index (κ1) is 16.9. The van der Waals surface area contributed by atoms with E-state index in [-0.39, 0.29) is 6.61 Å². The van der Waals surface area contributed by atoms with Crippen LogP contribution in [0, 0.1) is 0 Å². The van der Waals surface area contributed by atoms with Gasteiger partial charge in [0.1, 0.15) is 12.4 Å². The maximum absolute atomic E-state index is 10.2. The van der Waals surface area contributed by atoms with E-state index in [1.807, 2.05) is 48.5 Å². The highest BCUT2D eigenvalue weighted by Crippen LogP contribution is 2.28. The first-order chi connectivity index (χ1) is 11.6. The van der Waals surface area contributed by atoms with Crippen LogP contribution in [0.15, 0.2) is 59.8 Å². The summed E-state index contributed by atoms with van der Waals surface area (Å²) in [7, 11) is 0. The van der Waals surface area contributed by atoms with E-state index in [1.54, 1.807) is 11.8 Å². The van der Waals surface area contributed by atoms with Crippen LogP contribution in [0.25, 0.3) is 11.0 Å². The van der Waals surface area contributed by atoms with E-state index in [1.165, 1.54) is 0 Å². The fourth-order valence-electron chi connectivity index (χ4n) is 2.55. The monoisotopic (exact) mass is 342 g/mol. The fourth-order valence-corrected chi connectivity index (χ4v) is 3.60. The number of aromatic nitrogens is 2. The number of hydrogen-bond acceptors (Lipinski definition) is 4. The molecule has 4 nitrogen and oxygen atoms in total. The Morgan fingerprint density at radius 1 is 1.08 bits per heavy atom. The van der Waals surface area contributed by atoms with Gasteiger partial charge in [-0.05, 0) is 38.1 Å². The van der Waals surface area contributed by atoms with Gasteiger partial charge in [0.2, 0.25) is 0 Å². The zero-order valence-electron chi connectivity index (χ0n) is 13.9. The van der Waals surface area contributed by atoms with Gasteiger partial charge in [0.05, 0.1) is 17.1 Å². The Balaban J connectivity index is 1.63. The van der Waals surface area contributed by atoms with E-state index in [4.69, 9.17) is 9.72 Å². The minimum atomic E-state index is -0.546. The molecular formula is C19H22N2O2S. The molecule has 0 aliphatic heterocycles. The highest BCUT2D eigenvalue weighted by atomic mass is 32.2. The second kappa shape index (κ2) is 7.73. The number of fused-ring (bicyclic) bond motifs is 1. The van der Waals surface area contributed by atoms with E-state index in [9.17, 15) is 5.11 Å². The molecule has 1 aromatic heterocycles. The molecule has 1 heterocycles. The maximum Gasteiger partial charge on any atom is 0.169 e. The molecule has 0 saturated heterocycles. The average molecular weight is 342 g/mol. The van der Waals surface area contributed by atoms with Crippen molar-refractivity contribution in [3.05, 3.63) is 54.6 Å². The van der Waals surface area contributed by atoms with E-state index < -0.39 is 6.10 Å². The summed E-state index contributed by atoms with van der Waals surface area (Å²) in [5.74, 6) is 1.32. The Labute approximate surface area is 146 Å². The zero-order chi connectivity index (χ0) is 16.9. The Hall–Kier alpha value is -1.98. The number of imidazole rings is 1. The first-order valence-corrected chi connectivity index (χ1v) is 9.09. The number of para-hydroxylation sites is 3. The van der Waals surface area contributed by atoms with Crippen molar-refractivity contribution < 1.29 is 9.84 Å². The van der Waals surface area contributed by atoms with Gasteiger partial charge in [0.15, 0.2) is 5.16 Å². The lowest BCUT2D eigenvalue weighted by atomic mass is 10.3. The molecule has 5 heteroatoms. The number of benzene rings is 2. The summed E-state index contributed by atoms with van der Waals surface area (Å²) in [5.41, 5.74) is 2.12. The molecule has 1 atom stereocenters. The molecular weight excluding hydrogens is 320 g/mol. The zero-order valence-corrected chi connectivity index (χ0v) is 14.7. The molecule has 0 amide bonds. The molecule has 0 bridgehead atoms. The molecule has 0 saturated carbocycles. The summed E-state index contributed by atoms with van der Waals surface area (Å²) in [6.45, 7) is 4.57. The predicted molar refractivity (Wildman–Crippen MR) is 98.8 cm³/mol. The Morgan fingerprint density at radius 2 is 1.79 bits per heavy atom. The summed E-state index contributed by atoms with van der Waals surface area (Å²) in [4.78, 5) is 4.70. The summed E-state index contributed by atoms with van der Waals surface area (Å²) in [5, 5.41) is 11.1. The van der Waals surface area contributed by atoms with E-state index in [0.717, 1.165) is 21.9 Å². The van der Waals surface area contributed by atoms with Gasteiger partial charge in [-0.3, -0.25) is 0 Å². The average Bonchev–Trinajstić information content (AvgIpc) is 2.97. The van der Waals surface area contributed by atoms with Crippen LogP contribution >= 0.6 is 11.8 Å². The van der Waals surface area contributed by atoms with Crippen molar-refractivity contribution in [3.8, 4) is 5.75 Å². The fraction of sp³-hybridized carbons (Fsp3) is 0.316. The Morgan fingerprint density at radius 3 is 2.54 bits per heavy atom. The smallest absolute Gasteiger partial charge is 0.169 e. The van der Waals surface area contributed by atoms with Crippen molar-refractivity contribution in [1.29, 1.82) is 0 Å². The van der Waals surface area contributed by atoms with Crippen LogP contribution in [0.4, 0.5) is 0 Å². The minimum absolute atomic E-state index is 0.277. The number of hydrogen-bond donors (Lipinski definition) is 1. The topological polar surface area (TPSA) is 47.3 Å². The Kier molecular flexibility index (Phi) is 5.43. The summed E-state index contributed by atoms with van der Waals surface area (Å²) in [6.07, 6.45) is -0.546. The number of aliphatic hydroxyl groups is 1. The molecule has 0 fully saturated rings. The van der Waals surface area contributed by atoms with Gasteiger partial charge < -0.3 is 14.4 Å². The summed E-state index contributed by atoms with van der Waals surface area (Å²) >= 11 is 1.57. The normalized spacial score (nSPS) is 12.7. The summed E-state index contributed by atoms with van der Waals surface area (Å²) in [6, 6.07) is 18.0.